The summed E-state index contributed by atoms with van der Waals surface area (Å²) in [4.78, 5) is 155. The van der Waals surface area contributed by atoms with Crippen LogP contribution in [-0.4, -0.2) is 112 Å². The van der Waals surface area contributed by atoms with Crippen LogP contribution in [0.3, 0.4) is 0 Å². The van der Waals surface area contributed by atoms with Gasteiger partial charge >= 0.3 is 29.8 Å². The first-order valence-corrected chi connectivity index (χ1v) is 36.5. The van der Waals surface area contributed by atoms with Crippen molar-refractivity contribution in [3.05, 3.63) is 144 Å². The number of aromatic nitrogens is 2. The van der Waals surface area contributed by atoms with Crippen molar-refractivity contribution >= 4 is 76.1 Å². The van der Waals surface area contributed by atoms with E-state index < -0.39 is 73.7 Å². The van der Waals surface area contributed by atoms with Gasteiger partial charge in [0.1, 0.15) is 40.5 Å². The molecule has 0 amide bonds. The zero-order valence-electron chi connectivity index (χ0n) is 70.7. The zero-order valence-corrected chi connectivity index (χ0v) is 70.7. The lowest BCUT2D eigenvalue weighted by molar-refractivity contribution is -0.150. The number of pyridine rings is 2. The minimum Gasteiger partial charge on any atom is -0.481 e. The summed E-state index contributed by atoms with van der Waals surface area (Å²) in [5.41, 5.74) is -1.39. The maximum atomic E-state index is 12.0. The smallest absolute Gasteiger partial charge is 0.336 e. The predicted molar refractivity (Wildman–Crippen MR) is 426 cm³/mol. The molecule has 108 heavy (non-hydrogen) atoms. The number of Topliss-reactive ketones (excluding diaryl/α,β-unsaturated/α-hetero) is 8. The van der Waals surface area contributed by atoms with Crippen molar-refractivity contribution in [1.82, 2.24) is 9.97 Å². The third-order valence-electron chi connectivity index (χ3n) is 16.8. The van der Waals surface area contributed by atoms with Crippen LogP contribution in [0.5, 0.6) is 0 Å². The third-order valence-corrected chi connectivity index (χ3v) is 16.8. The van der Waals surface area contributed by atoms with Crippen LogP contribution in [0.25, 0.3) is 0 Å². The van der Waals surface area contributed by atoms with E-state index in [4.69, 9.17) is 25.5 Å². The molecule has 2 heterocycles. The first-order chi connectivity index (χ1) is 48.5. The van der Waals surface area contributed by atoms with Gasteiger partial charge in [0.25, 0.3) is 0 Å². The molecule has 1 aliphatic carbocycles. The number of ketones is 8. The number of carboxylic acids is 5. The number of carbonyl (C=O) groups excluding carboxylic acids is 8. The van der Waals surface area contributed by atoms with Gasteiger partial charge in [-0.1, -0.05) is 261 Å². The molecule has 0 fully saturated rings. The second-order valence-electron chi connectivity index (χ2n) is 36.9. The van der Waals surface area contributed by atoms with Crippen LogP contribution in [-0.2, 0) is 65.6 Å². The molecule has 4 unspecified atom stereocenters. The largest absolute Gasteiger partial charge is 0.481 e. The van der Waals surface area contributed by atoms with E-state index in [1.165, 1.54) is 6.07 Å². The van der Waals surface area contributed by atoms with Gasteiger partial charge in [0.2, 0.25) is 0 Å². The summed E-state index contributed by atoms with van der Waals surface area (Å²) in [7, 11) is 0. The van der Waals surface area contributed by atoms with E-state index in [9.17, 15) is 62.3 Å². The summed E-state index contributed by atoms with van der Waals surface area (Å²) in [6.07, 6.45) is 12.6. The van der Waals surface area contributed by atoms with Gasteiger partial charge in [0.05, 0.1) is 29.7 Å². The molecule has 20 nitrogen and oxygen atoms in total. The van der Waals surface area contributed by atoms with E-state index in [2.05, 4.69) is 9.97 Å². The number of hydrogen-bond donors (Lipinski definition) is 5. The van der Waals surface area contributed by atoms with E-state index in [1.807, 2.05) is 157 Å². The minimum atomic E-state index is -1.07. The monoisotopic (exact) mass is 1500 g/mol. The fourth-order valence-corrected chi connectivity index (χ4v) is 9.96. The van der Waals surface area contributed by atoms with E-state index >= 15 is 0 Å². The number of hydrogen-bond acceptors (Lipinski definition) is 15. The molecule has 5 N–H and O–H groups in total. The molecule has 602 valence electrons. The van der Waals surface area contributed by atoms with Gasteiger partial charge < -0.3 is 25.5 Å². The van der Waals surface area contributed by atoms with E-state index in [1.54, 1.807) is 161 Å². The molecule has 5 rings (SSSR count). The number of aromatic carboxylic acids is 1. The Kier molecular flexibility index (Phi) is 42.1. The molecule has 0 spiro atoms. The Labute approximate surface area is 645 Å². The molecule has 4 atom stereocenters. The standard InChI is InChI=1S/C13H18O.C12H18O3.C12H14O3.2C11H15NO.2C10H18O3.C9H16O3/c1-10(12(14)13(2,3)4)11-8-6-5-7-9-11;2*1-12(2,3)10(13)8-6-4-5-7-9(8)11(14)15;1-11(2,3)10(13)8-9-4-6-12-7-5-9;1-11(2,3)10(13)7-9-5-4-6-12-8-9;1-9(2,3)8(13)10(4,5)6-7(11)12;1-9(2,3)7(11)6-10(4,5)8(12)13;1-6(5-7(10)11)8(12)9(2,3)4/h5-10H,1-4H3;4-5,8-9H,6-7H2,1-3H3,(H,14,15);4-7H,1-3H3,(H,14,15);4-7H,8H2,1-3H3;4-6,8H,7H2,1-3H3;6H2,1-5H3,(H,11,12);6H2,1-5H3,(H,12,13);6H,5H2,1-4H3,(H,10,11). The van der Waals surface area contributed by atoms with Gasteiger partial charge in [0.15, 0.2) is 5.78 Å². The Morgan fingerprint density at radius 1 is 0.398 bits per heavy atom. The summed E-state index contributed by atoms with van der Waals surface area (Å²) >= 11 is 0. The first-order valence-electron chi connectivity index (χ1n) is 36.5. The highest BCUT2D eigenvalue weighted by molar-refractivity contribution is 6.08. The Hall–Kier alpha value is -8.81. The summed E-state index contributed by atoms with van der Waals surface area (Å²) in [5.74, 6) is -5.29. The first kappa shape index (κ1) is 103. The quantitative estimate of drug-likeness (QED) is 0.0430. The molecular formula is C88H132N2O18. The van der Waals surface area contributed by atoms with Gasteiger partial charge in [-0.25, -0.2) is 4.79 Å². The number of carbonyl (C=O) groups is 13. The fraction of sp³-hybridized carbons (Fsp3) is 0.580. The highest BCUT2D eigenvalue weighted by atomic mass is 16.4. The summed E-state index contributed by atoms with van der Waals surface area (Å²) in [6, 6.07) is 23.8. The molecule has 2 aromatic heterocycles. The molecule has 0 aliphatic heterocycles. The number of rotatable bonds is 19. The molecular weight excluding hydrogens is 1370 g/mol. The number of benzene rings is 2. The van der Waals surface area contributed by atoms with Crippen LogP contribution in [0.15, 0.2) is 116 Å². The van der Waals surface area contributed by atoms with Gasteiger partial charge in [0, 0.05) is 116 Å². The highest BCUT2D eigenvalue weighted by Gasteiger charge is 2.40. The zero-order chi connectivity index (χ0) is 85.5. The molecule has 1 aliphatic rings. The molecule has 0 bridgehead atoms. The lowest BCUT2D eigenvalue weighted by atomic mass is 9.73. The molecule has 20 heteroatoms. The molecule has 0 saturated heterocycles. The van der Waals surface area contributed by atoms with E-state index in [0.717, 1.165) is 16.7 Å². The van der Waals surface area contributed by atoms with Gasteiger partial charge in [-0.05, 0) is 67.6 Å². The second-order valence-corrected chi connectivity index (χ2v) is 36.9. The van der Waals surface area contributed by atoms with Crippen LogP contribution in [0.4, 0.5) is 0 Å². The van der Waals surface area contributed by atoms with Crippen molar-refractivity contribution in [3.63, 3.8) is 0 Å². The molecule has 0 radical (unpaired) electrons. The predicted octanol–water partition coefficient (Wildman–Crippen LogP) is 18.7. The normalized spacial score (nSPS) is 14.3. The summed E-state index contributed by atoms with van der Waals surface area (Å²) in [5, 5.41) is 43.8. The van der Waals surface area contributed by atoms with Crippen molar-refractivity contribution in [2.75, 3.05) is 0 Å². The second kappa shape index (κ2) is 44.0. The maximum Gasteiger partial charge on any atom is 0.336 e. The fourth-order valence-electron chi connectivity index (χ4n) is 9.96. The van der Waals surface area contributed by atoms with Crippen molar-refractivity contribution in [2.24, 2.45) is 71.9 Å². The topological polar surface area (TPSA) is 349 Å². The average molecular weight is 1510 g/mol. The summed E-state index contributed by atoms with van der Waals surface area (Å²) in [6.45, 7) is 54.7. The average Bonchev–Trinajstić information content (AvgIpc) is 0.827. The molecule has 2 aromatic carbocycles. The van der Waals surface area contributed by atoms with Crippen LogP contribution < -0.4 is 0 Å². The Morgan fingerprint density at radius 3 is 1.18 bits per heavy atom. The van der Waals surface area contributed by atoms with Crippen LogP contribution in [0, 0.1) is 71.9 Å². The van der Waals surface area contributed by atoms with Crippen LogP contribution in [0.1, 0.15) is 283 Å². The molecule has 0 saturated carbocycles. The van der Waals surface area contributed by atoms with Crippen molar-refractivity contribution < 1.29 is 87.9 Å². The number of carboxylic acid groups (broad SMARTS) is 5. The van der Waals surface area contributed by atoms with E-state index in [0.29, 0.717) is 31.5 Å². The maximum absolute atomic E-state index is 12.0. The Morgan fingerprint density at radius 2 is 0.824 bits per heavy atom. The third kappa shape index (κ3) is 41.5. The van der Waals surface area contributed by atoms with Crippen molar-refractivity contribution in [1.29, 1.82) is 0 Å². The van der Waals surface area contributed by atoms with E-state index in [-0.39, 0.29) is 105 Å². The number of allylic oxidation sites excluding steroid dienone is 2. The lowest BCUT2D eigenvalue weighted by Gasteiger charge is -2.29. The van der Waals surface area contributed by atoms with Gasteiger partial charge in [-0.3, -0.25) is 67.5 Å². The van der Waals surface area contributed by atoms with Crippen molar-refractivity contribution in [2.45, 2.75) is 259 Å². The number of nitrogens with zero attached hydrogens (tertiary/aromatic N) is 2. The lowest BCUT2D eigenvalue weighted by Crippen LogP contribution is -2.37. The minimum absolute atomic E-state index is 0.00352. The highest BCUT2D eigenvalue weighted by Crippen LogP contribution is 2.35. The van der Waals surface area contributed by atoms with Gasteiger partial charge in [-0.15, -0.1) is 0 Å². The van der Waals surface area contributed by atoms with Crippen LogP contribution in [0.2, 0.25) is 0 Å². The van der Waals surface area contributed by atoms with Crippen LogP contribution >= 0.6 is 0 Å². The van der Waals surface area contributed by atoms with Crippen molar-refractivity contribution in [3.8, 4) is 0 Å². The SMILES string of the molecule is CC(C(=O)C(C)(C)C)c1ccccc1.CC(C)(C)C(=O)C(C)(C)CC(=O)O.CC(C)(C)C(=O)C1CC=CCC1C(=O)O.CC(C)(C)C(=O)CC(C)(C)C(=O)O.CC(C)(C)C(=O)Cc1cccnc1.CC(C)(C)C(=O)Cc1ccncc1.CC(C)(C)C(=O)c1ccccc1C(=O)O.CC(CC(=O)O)C(=O)C(C)(C)C. The molecule has 4 aromatic rings. The summed E-state index contributed by atoms with van der Waals surface area (Å²) < 4.78 is 0. The Bertz CT molecular complexity index is 3570. The van der Waals surface area contributed by atoms with Gasteiger partial charge in [-0.2, -0.15) is 0 Å². The Balaban J connectivity index is -0.00000117. The number of aliphatic carboxylic acids is 4.